The first-order valence-electron chi connectivity index (χ1n) is 3.96. The molecular weight excluding hydrogens is 168 g/mol. The van der Waals surface area contributed by atoms with Crippen LogP contribution in [-0.2, 0) is 14.1 Å². The number of rotatable bonds is 0. The highest BCUT2D eigenvalue weighted by Crippen LogP contribution is 2.08. The second-order valence-electron chi connectivity index (χ2n) is 3.07. The van der Waals surface area contributed by atoms with Crippen molar-refractivity contribution < 1.29 is 0 Å². The zero-order valence-electron chi connectivity index (χ0n) is 7.77. The molecule has 13 heavy (non-hydrogen) atoms. The van der Waals surface area contributed by atoms with E-state index in [-0.39, 0.29) is 5.56 Å². The van der Waals surface area contributed by atoms with E-state index in [1.165, 1.54) is 10.9 Å². The minimum Gasteiger partial charge on any atom is -0.302 e. The van der Waals surface area contributed by atoms with Gasteiger partial charge in [0.2, 0.25) is 0 Å². The molecule has 0 radical (unpaired) electrons. The Labute approximate surface area is 74.6 Å². The molecule has 68 valence electrons. The lowest BCUT2D eigenvalue weighted by molar-refractivity contribution is 0.767. The molecule has 2 aromatic heterocycles. The molecule has 0 fully saturated rings. The van der Waals surface area contributed by atoms with E-state index < -0.39 is 0 Å². The van der Waals surface area contributed by atoms with E-state index in [2.05, 4.69) is 10.1 Å². The monoisotopic (exact) mass is 178 g/mol. The molecule has 0 saturated heterocycles. The minimum absolute atomic E-state index is 0.0457. The van der Waals surface area contributed by atoms with E-state index in [4.69, 9.17) is 0 Å². The van der Waals surface area contributed by atoms with Crippen LogP contribution in [-0.4, -0.2) is 19.3 Å². The Bertz CT molecular complexity index is 523. The Balaban J connectivity index is 3.08. The Morgan fingerprint density at radius 3 is 2.77 bits per heavy atom. The van der Waals surface area contributed by atoms with Crippen LogP contribution < -0.4 is 5.56 Å². The lowest BCUT2D eigenvalue weighted by atomic mass is 10.3. The van der Waals surface area contributed by atoms with E-state index >= 15 is 0 Å². The van der Waals surface area contributed by atoms with Crippen molar-refractivity contribution in [2.24, 2.45) is 14.1 Å². The average Bonchev–Trinajstić information content (AvgIpc) is 2.35. The highest BCUT2D eigenvalue weighted by atomic mass is 16.1. The van der Waals surface area contributed by atoms with Gasteiger partial charge in [-0.2, -0.15) is 5.10 Å². The Hall–Kier alpha value is -1.65. The number of aryl methyl sites for hydroxylation is 3. The third-order valence-corrected chi connectivity index (χ3v) is 2.08. The van der Waals surface area contributed by atoms with Crippen LogP contribution in [0, 0.1) is 6.92 Å². The molecule has 0 aliphatic carbocycles. The normalized spacial score (nSPS) is 11.0. The topological polar surface area (TPSA) is 52.7 Å². The molecule has 0 aliphatic heterocycles. The molecule has 2 heterocycles. The minimum atomic E-state index is -0.0457. The maximum absolute atomic E-state index is 11.6. The fourth-order valence-electron chi connectivity index (χ4n) is 1.41. The summed E-state index contributed by atoms with van der Waals surface area (Å²) in [7, 11) is 3.46. The maximum atomic E-state index is 11.6. The second kappa shape index (κ2) is 2.42. The number of nitrogens with zero attached hydrogens (tertiary/aromatic N) is 4. The van der Waals surface area contributed by atoms with Crippen molar-refractivity contribution in [1.82, 2.24) is 19.3 Å². The molecule has 0 bridgehead atoms. The average molecular weight is 178 g/mol. The van der Waals surface area contributed by atoms with Crippen LogP contribution in [0.2, 0.25) is 0 Å². The summed E-state index contributed by atoms with van der Waals surface area (Å²) in [4.78, 5) is 15.8. The van der Waals surface area contributed by atoms with Gasteiger partial charge < -0.3 is 4.57 Å². The summed E-state index contributed by atoms with van der Waals surface area (Å²) in [6.45, 7) is 1.81. The molecule has 0 spiro atoms. The molecule has 0 unspecified atom stereocenters. The SMILES string of the molecule is Cc1nn(C)c2ncn(C)c(=O)c12. The predicted octanol–water partition coefficient (Wildman–Crippen LogP) is -0.0246. The van der Waals surface area contributed by atoms with Crippen molar-refractivity contribution in [2.45, 2.75) is 6.92 Å². The molecule has 5 nitrogen and oxygen atoms in total. The number of hydrogen-bond donors (Lipinski definition) is 0. The summed E-state index contributed by atoms with van der Waals surface area (Å²) in [6, 6.07) is 0. The Morgan fingerprint density at radius 2 is 2.08 bits per heavy atom. The van der Waals surface area contributed by atoms with Gasteiger partial charge in [0, 0.05) is 14.1 Å². The molecule has 0 N–H and O–H groups in total. The molecule has 0 atom stereocenters. The molecule has 2 aromatic rings. The van der Waals surface area contributed by atoms with Crippen LogP contribution in [0.5, 0.6) is 0 Å². The summed E-state index contributed by atoms with van der Waals surface area (Å²) in [6.07, 6.45) is 1.51. The largest absolute Gasteiger partial charge is 0.302 e. The predicted molar refractivity (Wildman–Crippen MR) is 48.5 cm³/mol. The fourth-order valence-corrected chi connectivity index (χ4v) is 1.41. The summed E-state index contributed by atoms with van der Waals surface area (Å²) in [5, 5.41) is 4.74. The number of hydrogen-bond acceptors (Lipinski definition) is 3. The first-order valence-corrected chi connectivity index (χ1v) is 3.96. The van der Waals surface area contributed by atoms with Crippen LogP contribution in [0.1, 0.15) is 5.69 Å². The lowest BCUT2D eigenvalue weighted by Crippen LogP contribution is -2.17. The van der Waals surface area contributed by atoms with Crippen molar-refractivity contribution in [3.63, 3.8) is 0 Å². The van der Waals surface area contributed by atoms with E-state index in [1.807, 2.05) is 6.92 Å². The van der Waals surface area contributed by atoms with Gasteiger partial charge in [0.1, 0.15) is 5.39 Å². The smallest absolute Gasteiger partial charge is 0.264 e. The van der Waals surface area contributed by atoms with E-state index in [0.29, 0.717) is 11.0 Å². The molecule has 5 heteroatoms. The second-order valence-corrected chi connectivity index (χ2v) is 3.07. The van der Waals surface area contributed by atoms with Gasteiger partial charge >= 0.3 is 0 Å². The van der Waals surface area contributed by atoms with Crippen LogP contribution >= 0.6 is 0 Å². The quantitative estimate of drug-likeness (QED) is 0.569. The van der Waals surface area contributed by atoms with E-state index in [0.717, 1.165) is 5.69 Å². The number of fused-ring (bicyclic) bond motifs is 1. The molecule has 0 saturated carbocycles. The van der Waals surface area contributed by atoms with Crippen molar-refractivity contribution >= 4 is 11.0 Å². The zero-order valence-corrected chi connectivity index (χ0v) is 7.77. The standard InChI is InChI=1S/C8H10N4O/c1-5-6-7(12(3)10-5)9-4-11(2)8(6)13/h4H,1-3H3. The van der Waals surface area contributed by atoms with E-state index in [9.17, 15) is 4.79 Å². The van der Waals surface area contributed by atoms with Crippen LogP contribution in [0.15, 0.2) is 11.1 Å². The molecule has 0 aromatic carbocycles. The van der Waals surface area contributed by atoms with Crippen molar-refractivity contribution in [3.8, 4) is 0 Å². The van der Waals surface area contributed by atoms with Gasteiger partial charge in [-0.05, 0) is 6.92 Å². The molecule has 2 rings (SSSR count). The fraction of sp³-hybridized carbons (Fsp3) is 0.375. The van der Waals surface area contributed by atoms with Crippen molar-refractivity contribution in [1.29, 1.82) is 0 Å². The molecule has 0 aliphatic rings. The lowest BCUT2D eigenvalue weighted by Gasteiger charge is -1.95. The van der Waals surface area contributed by atoms with Gasteiger partial charge in [0.25, 0.3) is 5.56 Å². The molecular formula is C8H10N4O. The van der Waals surface area contributed by atoms with Gasteiger partial charge in [-0.15, -0.1) is 0 Å². The summed E-state index contributed by atoms with van der Waals surface area (Å²) >= 11 is 0. The summed E-state index contributed by atoms with van der Waals surface area (Å²) in [5.74, 6) is 0. The Kier molecular flexibility index (Phi) is 1.48. The van der Waals surface area contributed by atoms with Crippen LogP contribution in [0.4, 0.5) is 0 Å². The van der Waals surface area contributed by atoms with E-state index in [1.54, 1.807) is 18.8 Å². The van der Waals surface area contributed by atoms with Gasteiger partial charge in [-0.25, -0.2) is 9.67 Å². The maximum Gasteiger partial charge on any atom is 0.264 e. The van der Waals surface area contributed by atoms with Crippen LogP contribution in [0.3, 0.4) is 0 Å². The zero-order chi connectivity index (χ0) is 9.59. The van der Waals surface area contributed by atoms with Gasteiger partial charge in [0.15, 0.2) is 5.65 Å². The van der Waals surface area contributed by atoms with Crippen molar-refractivity contribution in [2.75, 3.05) is 0 Å². The van der Waals surface area contributed by atoms with Crippen LogP contribution in [0.25, 0.3) is 11.0 Å². The third-order valence-electron chi connectivity index (χ3n) is 2.08. The third kappa shape index (κ3) is 0.965. The Morgan fingerprint density at radius 1 is 1.38 bits per heavy atom. The summed E-state index contributed by atoms with van der Waals surface area (Å²) < 4.78 is 3.07. The van der Waals surface area contributed by atoms with Gasteiger partial charge in [-0.1, -0.05) is 0 Å². The van der Waals surface area contributed by atoms with Crippen molar-refractivity contribution in [3.05, 3.63) is 22.4 Å². The first kappa shape index (κ1) is 7.97. The summed E-state index contributed by atoms with van der Waals surface area (Å²) in [5.41, 5.74) is 1.32. The van der Waals surface area contributed by atoms with Gasteiger partial charge in [-0.3, -0.25) is 4.79 Å². The highest BCUT2D eigenvalue weighted by molar-refractivity contribution is 5.76. The first-order chi connectivity index (χ1) is 6.11. The highest BCUT2D eigenvalue weighted by Gasteiger charge is 2.09. The molecule has 0 amide bonds. The number of aromatic nitrogens is 4. The van der Waals surface area contributed by atoms with Gasteiger partial charge in [0.05, 0.1) is 12.0 Å².